The minimum absolute atomic E-state index is 0.111. The van der Waals surface area contributed by atoms with Gasteiger partial charge in [0.15, 0.2) is 11.5 Å². The monoisotopic (exact) mass is 381 g/mol. The Labute approximate surface area is 165 Å². The van der Waals surface area contributed by atoms with Crippen LogP contribution < -0.4 is 14.7 Å². The van der Waals surface area contributed by atoms with E-state index in [4.69, 9.17) is 5.10 Å². The molecule has 0 N–H and O–H groups in total. The molecule has 148 valence electrons. The number of likely N-dealkylation sites (N-methyl/N-ethyl adjacent to an activating group) is 1. The lowest BCUT2D eigenvalue weighted by atomic mass is 9.96. The minimum Gasteiger partial charge on any atom is -0.353 e. The molecule has 1 aliphatic rings. The number of anilines is 3. The lowest BCUT2D eigenvalue weighted by Gasteiger charge is -2.45. The Balaban J connectivity index is 1.50. The summed E-state index contributed by atoms with van der Waals surface area (Å²) in [6.07, 6.45) is 1.81. The highest BCUT2D eigenvalue weighted by Crippen LogP contribution is 2.26. The van der Waals surface area contributed by atoms with Gasteiger partial charge >= 0.3 is 0 Å². The molecule has 0 radical (unpaired) electrons. The largest absolute Gasteiger partial charge is 0.353 e. The van der Waals surface area contributed by atoms with Crippen LogP contribution in [0.2, 0.25) is 0 Å². The van der Waals surface area contributed by atoms with E-state index in [1.165, 1.54) is 0 Å². The Morgan fingerprint density at radius 3 is 2.46 bits per heavy atom. The predicted octanol–water partition coefficient (Wildman–Crippen LogP) is 1.60. The fraction of sp³-hybridized carbons (Fsp3) is 0.526. The van der Waals surface area contributed by atoms with E-state index in [1.807, 2.05) is 41.7 Å². The first-order valence-corrected chi connectivity index (χ1v) is 9.45. The fourth-order valence-electron chi connectivity index (χ4n) is 3.24. The van der Waals surface area contributed by atoms with Crippen molar-refractivity contribution < 1.29 is 0 Å². The first-order chi connectivity index (χ1) is 13.2. The van der Waals surface area contributed by atoms with Gasteiger partial charge in [-0.25, -0.2) is 4.98 Å². The van der Waals surface area contributed by atoms with E-state index in [1.54, 1.807) is 6.20 Å². The van der Waals surface area contributed by atoms with Crippen LogP contribution in [-0.4, -0.2) is 70.1 Å². The van der Waals surface area contributed by atoms with E-state index in [0.717, 1.165) is 42.1 Å². The van der Waals surface area contributed by atoms with Gasteiger partial charge in [-0.1, -0.05) is 20.8 Å². The molecular formula is C19H27N9. The van der Waals surface area contributed by atoms with Crippen LogP contribution >= 0.6 is 0 Å². The van der Waals surface area contributed by atoms with Gasteiger partial charge in [-0.3, -0.25) is 0 Å². The standard InChI is InChI=1S/C19H27N9/c1-19(2,3)17-23-22-15-7-8-16(24-28(15)17)27-11-13(12-27)26(6)14-9-10-20-18(21-14)25(4)5/h7-10,13H,11-12H2,1-6H3. The molecule has 9 heteroatoms. The molecule has 0 aliphatic carbocycles. The maximum atomic E-state index is 4.79. The molecule has 4 rings (SSSR count). The zero-order valence-corrected chi connectivity index (χ0v) is 17.3. The van der Waals surface area contributed by atoms with Crippen LogP contribution in [0.3, 0.4) is 0 Å². The number of nitrogens with zero attached hydrogens (tertiary/aromatic N) is 9. The topological polar surface area (TPSA) is 78.6 Å². The summed E-state index contributed by atoms with van der Waals surface area (Å²) >= 11 is 0. The Kier molecular flexibility index (Phi) is 4.32. The van der Waals surface area contributed by atoms with Gasteiger partial charge in [0.25, 0.3) is 0 Å². The van der Waals surface area contributed by atoms with Gasteiger partial charge in [-0.15, -0.1) is 15.3 Å². The van der Waals surface area contributed by atoms with E-state index < -0.39 is 0 Å². The molecule has 1 fully saturated rings. The van der Waals surface area contributed by atoms with E-state index in [9.17, 15) is 0 Å². The molecule has 3 aromatic rings. The van der Waals surface area contributed by atoms with Gasteiger partial charge in [0.05, 0.1) is 6.04 Å². The first-order valence-electron chi connectivity index (χ1n) is 9.45. The normalized spacial score (nSPS) is 15.0. The molecular weight excluding hydrogens is 354 g/mol. The highest BCUT2D eigenvalue weighted by Gasteiger charge is 2.32. The van der Waals surface area contributed by atoms with Crippen LogP contribution in [0.25, 0.3) is 5.65 Å². The van der Waals surface area contributed by atoms with Crippen molar-refractivity contribution in [3.05, 3.63) is 30.2 Å². The Morgan fingerprint density at radius 1 is 1.04 bits per heavy atom. The van der Waals surface area contributed by atoms with Gasteiger partial charge in [0.2, 0.25) is 5.95 Å². The highest BCUT2D eigenvalue weighted by molar-refractivity contribution is 5.51. The van der Waals surface area contributed by atoms with E-state index in [0.29, 0.717) is 6.04 Å². The van der Waals surface area contributed by atoms with Crippen molar-refractivity contribution >= 4 is 23.2 Å². The van der Waals surface area contributed by atoms with Gasteiger partial charge in [0, 0.05) is 45.8 Å². The molecule has 0 spiro atoms. The maximum absolute atomic E-state index is 4.79. The number of aromatic nitrogens is 6. The van der Waals surface area contributed by atoms with Crippen LogP contribution in [-0.2, 0) is 5.41 Å². The summed E-state index contributed by atoms with van der Waals surface area (Å²) in [4.78, 5) is 15.3. The van der Waals surface area contributed by atoms with Crippen molar-refractivity contribution in [2.45, 2.75) is 32.2 Å². The number of rotatable bonds is 4. The van der Waals surface area contributed by atoms with Crippen LogP contribution in [0.5, 0.6) is 0 Å². The number of hydrogen-bond donors (Lipinski definition) is 0. The smallest absolute Gasteiger partial charge is 0.226 e. The highest BCUT2D eigenvalue weighted by atomic mass is 15.4. The lowest BCUT2D eigenvalue weighted by molar-refractivity contribution is 0.483. The molecule has 1 saturated heterocycles. The van der Waals surface area contributed by atoms with Crippen LogP contribution in [0, 0.1) is 0 Å². The molecule has 28 heavy (non-hydrogen) atoms. The molecule has 1 aliphatic heterocycles. The molecule has 0 amide bonds. The Morgan fingerprint density at radius 2 is 1.79 bits per heavy atom. The molecule has 4 heterocycles. The van der Waals surface area contributed by atoms with E-state index in [2.05, 4.69) is 57.8 Å². The fourth-order valence-corrected chi connectivity index (χ4v) is 3.24. The van der Waals surface area contributed by atoms with Gasteiger partial charge in [0.1, 0.15) is 11.6 Å². The van der Waals surface area contributed by atoms with Crippen molar-refractivity contribution in [1.29, 1.82) is 0 Å². The third-order valence-electron chi connectivity index (χ3n) is 5.04. The Bertz CT molecular complexity index is 982. The van der Waals surface area contributed by atoms with Crippen LogP contribution in [0.4, 0.5) is 17.6 Å². The second-order valence-corrected chi connectivity index (χ2v) is 8.51. The second kappa shape index (κ2) is 6.57. The van der Waals surface area contributed by atoms with Gasteiger partial charge in [-0.05, 0) is 18.2 Å². The Hall–Kier alpha value is -2.97. The van der Waals surface area contributed by atoms with Crippen molar-refractivity contribution in [2.75, 3.05) is 48.9 Å². The van der Waals surface area contributed by atoms with Crippen LogP contribution in [0.1, 0.15) is 26.6 Å². The summed E-state index contributed by atoms with van der Waals surface area (Å²) in [7, 11) is 5.98. The van der Waals surface area contributed by atoms with Gasteiger partial charge < -0.3 is 14.7 Å². The summed E-state index contributed by atoms with van der Waals surface area (Å²) in [5.74, 6) is 3.46. The summed E-state index contributed by atoms with van der Waals surface area (Å²) < 4.78 is 1.86. The second-order valence-electron chi connectivity index (χ2n) is 8.51. The summed E-state index contributed by atoms with van der Waals surface area (Å²) in [6.45, 7) is 8.15. The van der Waals surface area contributed by atoms with Crippen molar-refractivity contribution in [1.82, 2.24) is 29.8 Å². The van der Waals surface area contributed by atoms with Crippen molar-refractivity contribution in [3.63, 3.8) is 0 Å². The van der Waals surface area contributed by atoms with Crippen LogP contribution in [0.15, 0.2) is 24.4 Å². The molecule has 0 aromatic carbocycles. The average molecular weight is 381 g/mol. The molecule has 0 saturated carbocycles. The van der Waals surface area contributed by atoms with Gasteiger partial charge in [-0.2, -0.15) is 9.50 Å². The molecule has 0 bridgehead atoms. The molecule has 0 atom stereocenters. The zero-order chi connectivity index (χ0) is 20.1. The quantitative estimate of drug-likeness (QED) is 0.674. The maximum Gasteiger partial charge on any atom is 0.226 e. The SMILES string of the molecule is CN(C)c1nccc(N(C)C2CN(c3ccc4nnc(C(C)(C)C)n4n3)C2)n1. The predicted molar refractivity (Wildman–Crippen MR) is 110 cm³/mol. The average Bonchev–Trinajstić information content (AvgIpc) is 3.04. The number of fused-ring (bicyclic) bond motifs is 1. The number of hydrogen-bond acceptors (Lipinski definition) is 8. The minimum atomic E-state index is -0.111. The first kappa shape index (κ1) is 18.4. The molecule has 3 aromatic heterocycles. The summed E-state index contributed by atoms with van der Waals surface area (Å²) in [5, 5.41) is 13.4. The molecule has 9 nitrogen and oxygen atoms in total. The lowest BCUT2D eigenvalue weighted by Crippen LogP contribution is -2.59. The van der Waals surface area contributed by atoms with Crippen molar-refractivity contribution in [3.8, 4) is 0 Å². The third-order valence-corrected chi connectivity index (χ3v) is 5.04. The van der Waals surface area contributed by atoms with E-state index >= 15 is 0 Å². The van der Waals surface area contributed by atoms with Crippen molar-refractivity contribution in [2.24, 2.45) is 0 Å². The third kappa shape index (κ3) is 3.21. The van der Waals surface area contributed by atoms with E-state index in [-0.39, 0.29) is 5.41 Å². The zero-order valence-electron chi connectivity index (χ0n) is 17.3. The molecule has 0 unspecified atom stereocenters. The summed E-state index contributed by atoms with van der Waals surface area (Å²) in [5.41, 5.74) is 0.667. The summed E-state index contributed by atoms with van der Waals surface area (Å²) in [6, 6.07) is 6.33.